The third-order valence-electron chi connectivity index (χ3n) is 4.76. The minimum absolute atomic E-state index is 0.0629. The van der Waals surface area contributed by atoms with Crippen LogP contribution in [0.15, 0.2) is 78.9 Å². The maximum absolute atomic E-state index is 12.6. The fraction of sp³-hybridized carbons (Fsp3) is 0.167. The van der Waals surface area contributed by atoms with Crippen molar-refractivity contribution >= 4 is 35.0 Å². The van der Waals surface area contributed by atoms with Gasteiger partial charge in [-0.05, 0) is 61.0 Å². The van der Waals surface area contributed by atoms with Crippen LogP contribution >= 0.6 is 11.8 Å². The number of amides is 2. The molecular formula is C24H22N2O3S. The van der Waals surface area contributed by atoms with Crippen LogP contribution in [0.25, 0.3) is 0 Å². The van der Waals surface area contributed by atoms with Crippen LogP contribution < -0.4 is 15.0 Å². The summed E-state index contributed by atoms with van der Waals surface area (Å²) in [6.07, 6.45) is 0. The Kier molecular flexibility index (Phi) is 6.05. The highest BCUT2D eigenvalue weighted by Crippen LogP contribution is 2.42. The molecule has 0 radical (unpaired) electrons. The third-order valence-corrected chi connectivity index (χ3v) is 5.97. The molecule has 0 aromatic heterocycles. The van der Waals surface area contributed by atoms with Crippen LogP contribution in [0.4, 0.5) is 11.4 Å². The van der Waals surface area contributed by atoms with E-state index in [1.54, 1.807) is 28.8 Å². The van der Waals surface area contributed by atoms with Crippen LogP contribution in [-0.4, -0.2) is 24.2 Å². The van der Waals surface area contributed by atoms with E-state index in [0.717, 1.165) is 17.0 Å². The lowest BCUT2D eigenvalue weighted by Crippen LogP contribution is -2.27. The van der Waals surface area contributed by atoms with Crippen molar-refractivity contribution in [1.82, 2.24) is 0 Å². The second kappa shape index (κ2) is 9.05. The third kappa shape index (κ3) is 4.33. The number of hydrogen-bond acceptors (Lipinski definition) is 4. The first-order chi connectivity index (χ1) is 14.7. The number of benzene rings is 3. The zero-order valence-corrected chi connectivity index (χ0v) is 17.4. The smallest absolute Gasteiger partial charge is 0.255 e. The Morgan fingerprint density at radius 2 is 1.83 bits per heavy atom. The van der Waals surface area contributed by atoms with Crippen LogP contribution in [-0.2, 0) is 4.79 Å². The van der Waals surface area contributed by atoms with Crippen molar-refractivity contribution in [2.45, 2.75) is 12.3 Å². The lowest BCUT2D eigenvalue weighted by molar-refractivity contribution is -0.115. The molecule has 1 aliphatic heterocycles. The van der Waals surface area contributed by atoms with Crippen molar-refractivity contribution in [3.05, 3.63) is 90.0 Å². The predicted molar refractivity (Wildman–Crippen MR) is 121 cm³/mol. The van der Waals surface area contributed by atoms with E-state index >= 15 is 0 Å². The number of nitrogens with zero attached hydrogens (tertiary/aromatic N) is 1. The summed E-state index contributed by atoms with van der Waals surface area (Å²) in [6, 6.07) is 24.3. The molecular weight excluding hydrogens is 396 g/mol. The van der Waals surface area contributed by atoms with Crippen molar-refractivity contribution in [1.29, 1.82) is 0 Å². The van der Waals surface area contributed by atoms with Gasteiger partial charge in [0, 0.05) is 16.9 Å². The Labute approximate surface area is 180 Å². The van der Waals surface area contributed by atoms with Gasteiger partial charge >= 0.3 is 0 Å². The normalized spacial score (nSPS) is 15.8. The number of rotatable bonds is 6. The minimum atomic E-state index is -0.161. The summed E-state index contributed by atoms with van der Waals surface area (Å²) in [6.45, 7) is 2.54. The zero-order valence-electron chi connectivity index (χ0n) is 16.6. The maximum Gasteiger partial charge on any atom is 0.255 e. The number of hydrogen-bond donors (Lipinski definition) is 1. The maximum atomic E-state index is 12.6. The average molecular weight is 419 g/mol. The fourth-order valence-corrected chi connectivity index (χ4v) is 4.55. The monoisotopic (exact) mass is 418 g/mol. The molecule has 0 aliphatic carbocycles. The van der Waals surface area contributed by atoms with Crippen LogP contribution in [0.1, 0.15) is 28.2 Å². The molecule has 1 atom stereocenters. The Hall–Kier alpha value is -3.25. The first-order valence-electron chi connectivity index (χ1n) is 9.78. The van der Waals surface area contributed by atoms with E-state index in [4.69, 9.17) is 4.74 Å². The topological polar surface area (TPSA) is 58.6 Å². The van der Waals surface area contributed by atoms with E-state index in [1.807, 2.05) is 73.7 Å². The quantitative estimate of drug-likeness (QED) is 0.604. The molecule has 3 aromatic rings. The van der Waals surface area contributed by atoms with E-state index in [-0.39, 0.29) is 17.2 Å². The van der Waals surface area contributed by atoms with Gasteiger partial charge in [0.25, 0.3) is 5.91 Å². The Morgan fingerprint density at radius 3 is 2.57 bits per heavy atom. The standard InChI is InChI=1S/C24H22N2O3S/c1-2-29-21-13-11-20(12-14-21)26-22(27)16-30-24(26)18-9-6-10-19(15-18)25-23(28)17-7-4-3-5-8-17/h3-15,24H,2,16H2,1H3,(H,25,28)/t24-/m0/s1. The summed E-state index contributed by atoms with van der Waals surface area (Å²) in [5.41, 5.74) is 3.10. The van der Waals surface area contributed by atoms with Crippen molar-refractivity contribution in [2.24, 2.45) is 0 Å². The highest BCUT2D eigenvalue weighted by atomic mass is 32.2. The molecule has 6 heteroatoms. The van der Waals surface area contributed by atoms with E-state index in [2.05, 4.69) is 5.32 Å². The molecule has 0 unspecified atom stereocenters. The summed E-state index contributed by atoms with van der Waals surface area (Å²) < 4.78 is 5.50. The highest BCUT2D eigenvalue weighted by Gasteiger charge is 2.34. The van der Waals surface area contributed by atoms with Crippen LogP contribution in [0, 0.1) is 0 Å². The Bertz CT molecular complexity index is 1040. The van der Waals surface area contributed by atoms with Gasteiger partial charge in [0.2, 0.25) is 5.91 Å². The van der Waals surface area contributed by atoms with Gasteiger partial charge in [0.1, 0.15) is 11.1 Å². The number of nitrogens with one attached hydrogen (secondary N) is 1. The number of thioether (sulfide) groups is 1. The molecule has 1 aliphatic rings. The van der Waals surface area contributed by atoms with Crippen molar-refractivity contribution in [3.63, 3.8) is 0 Å². The average Bonchev–Trinajstić information content (AvgIpc) is 3.17. The molecule has 152 valence electrons. The van der Waals surface area contributed by atoms with Gasteiger partial charge in [-0.2, -0.15) is 0 Å². The van der Waals surface area contributed by atoms with Crippen molar-refractivity contribution < 1.29 is 14.3 Å². The number of ether oxygens (including phenoxy) is 1. The second-order valence-corrected chi connectivity index (χ2v) is 7.87. The van der Waals surface area contributed by atoms with Gasteiger partial charge in [-0.1, -0.05) is 30.3 Å². The highest BCUT2D eigenvalue weighted by molar-refractivity contribution is 8.00. The molecule has 1 N–H and O–H groups in total. The number of carbonyl (C=O) groups is 2. The molecule has 3 aromatic carbocycles. The second-order valence-electron chi connectivity index (χ2n) is 6.80. The van der Waals surface area contributed by atoms with E-state index in [0.29, 0.717) is 23.6 Å². The first-order valence-corrected chi connectivity index (χ1v) is 10.8. The molecule has 1 heterocycles. The van der Waals surface area contributed by atoms with Gasteiger partial charge in [-0.15, -0.1) is 11.8 Å². The molecule has 2 amide bonds. The molecule has 0 saturated carbocycles. The molecule has 0 spiro atoms. The SMILES string of the molecule is CCOc1ccc(N2C(=O)CS[C@H]2c2cccc(NC(=O)c3ccccc3)c2)cc1. The first kappa shape index (κ1) is 20.0. The van der Waals surface area contributed by atoms with E-state index in [1.165, 1.54) is 0 Å². The van der Waals surface area contributed by atoms with Crippen LogP contribution in [0.5, 0.6) is 5.75 Å². The van der Waals surface area contributed by atoms with Gasteiger partial charge in [0.15, 0.2) is 0 Å². The van der Waals surface area contributed by atoms with E-state index in [9.17, 15) is 9.59 Å². The molecule has 4 rings (SSSR count). The minimum Gasteiger partial charge on any atom is -0.494 e. The zero-order chi connectivity index (χ0) is 20.9. The Balaban J connectivity index is 1.56. The van der Waals surface area contributed by atoms with Crippen molar-refractivity contribution in [2.75, 3.05) is 22.6 Å². The van der Waals surface area contributed by atoms with E-state index < -0.39 is 0 Å². The van der Waals surface area contributed by atoms with Gasteiger partial charge in [-0.3, -0.25) is 14.5 Å². The predicted octanol–water partition coefficient (Wildman–Crippen LogP) is 5.12. The van der Waals surface area contributed by atoms with Crippen LogP contribution in [0.2, 0.25) is 0 Å². The van der Waals surface area contributed by atoms with Crippen molar-refractivity contribution in [3.8, 4) is 5.75 Å². The molecule has 1 saturated heterocycles. The number of carbonyl (C=O) groups excluding carboxylic acids is 2. The van der Waals surface area contributed by atoms with Gasteiger partial charge < -0.3 is 10.1 Å². The summed E-state index contributed by atoms with van der Waals surface area (Å²) in [4.78, 5) is 26.9. The fourth-order valence-electron chi connectivity index (χ4n) is 3.38. The lowest BCUT2D eigenvalue weighted by atomic mass is 10.1. The van der Waals surface area contributed by atoms with Gasteiger partial charge in [0.05, 0.1) is 12.4 Å². The molecule has 30 heavy (non-hydrogen) atoms. The summed E-state index contributed by atoms with van der Waals surface area (Å²) in [5, 5.41) is 2.79. The molecule has 1 fully saturated rings. The van der Waals surface area contributed by atoms with Gasteiger partial charge in [-0.25, -0.2) is 0 Å². The summed E-state index contributed by atoms with van der Waals surface area (Å²) >= 11 is 1.58. The molecule has 0 bridgehead atoms. The van der Waals surface area contributed by atoms with Crippen LogP contribution in [0.3, 0.4) is 0 Å². The number of anilines is 2. The molecule has 5 nitrogen and oxygen atoms in total. The Morgan fingerprint density at radius 1 is 1.07 bits per heavy atom. The largest absolute Gasteiger partial charge is 0.494 e. The summed E-state index contributed by atoms with van der Waals surface area (Å²) in [7, 11) is 0. The lowest BCUT2D eigenvalue weighted by Gasteiger charge is -2.25. The summed E-state index contributed by atoms with van der Waals surface area (Å²) in [5.74, 6) is 1.10.